The first-order chi connectivity index (χ1) is 16.7. The van der Waals surface area contributed by atoms with Gasteiger partial charge in [0.25, 0.3) is 0 Å². The van der Waals surface area contributed by atoms with E-state index >= 15 is 0 Å². The highest BCUT2D eigenvalue weighted by Crippen LogP contribution is 2.32. The third-order valence-electron chi connectivity index (χ3n) is 6.60. The topological polar surface area (TPSA) is 70.2 Å². The van der Waals surface area contributed by atoms with Gasteiger partial charge in [-0.25, -0.2) is 4.98 Å². The zero-order chi connectivity index (χ0) is 23.3. The zero-order valence-corrected chi connectivity index (χ0v) is 19.8. The Hall–Kier alpha value is -3.22. The molecule has 0 atom stereocenters. The van der Waals surface area contributed by atoms with Gasteiger partial charge in [0.05, 0.1) is 30.1 Å². The van der Waals surface area contributed by atoms with Crippen molar-refractivity contribution in [3.05, 3.63) is 65.7 Å². The number of morpholine rings is 1. The largest absolute Gasteiger partial charge is 0.379 e. The van der Waals surface area contributed by atoms with Gasteiger partial charge >= 0.3 is 0 Å². The standard InChI is InChI=1S/C28H32N4O2/c1-20-9-11-25-23(19-20)22(6-4-8-27(33)29-13-14-32-15-17-34-18-16-32)28(31-25)26-12-10-21-5-2-3-7-24(21)30-26/h2-3,5,7,9-12,19,31H,4,6,8,13-18H2,1H3,(H,29,33). The van der Waals surface area contributed by atoms with E-state index in [-0.39, 0.29) is 5.91 Å². The monoisotopic (exact) mass is 456 g/mol. The van der Waals surface area contributed by atoms with Gasteiger partial charge in [-0.05, 0) is 49.6 Å². The number of H-pyrrole nitrogens is 1. The van der Waals surface area contributed by atoms with Crippen molar-refractivity contribution in [3.8, 4) is 11.4 Å². The van der Waals surface area contributed by atoms with Crippen molar-refractivity contribution in [1.29, 1.82) is 0 Å². The van der Waals surface area contributed by atoms with Crippen LogP contribution in [-0.4, -0.2) is 60.2 Å². The first-order valence-corrected chi connectivity index (χ1v) is 12.2. The van der Waals surface area contributed by atoms with E-state index in [0.717, 1.165) is 73.5 Å². The molecule has 34 heavy (non-hydrogen) atoms. The summed E-state index contributed by atoms with van der Waals surface area (Å²) in [6.45, 7) is 7.15. The summed E-state index contributed by atoms with van der Waals surface area (Å²) in [6, 6.07) is 18.9. The number of rotatable bonds is 8. The van der Waals surface area contributed by atoms with Crippen molar-refractivity contribution in [3.63, 3.8) is 0 Å². The zero-order valence-electron chi connectivity index (χ0n) is 19.8. The lowest BCUT2D eigenvalue weighted by Gasteiger charge is -2.26. The van der Waals surface area contributed by atoms with Crippen LogP contribution in [0.1, 0.15) is 24.0 Å². The van der Waals surface area contributed by atoms with Crippen LogP contribution in [0.25, 0.3) is 33.2 Å². The highest BCUT2D eigenvalue weighted by molar-refractivity contribution is 5.92. The second kappa shape index (κ2) is 10.4. The molecule has 6 nitrogen and oxygen atoms in total. The Morgan fingerprint density at radius 3 is 2.85 bits per heavy atom. The number of aryl methyl sites for hydroxylation is 2. The molecular formula is C28H32N4O2. The Kier molecular flexibility index (Phi) is 6.88. The number of hydrogen-bond acceptors (Lipinski definition) is 4. The number of amides is 1. The molecule has 3 heterocycles. The van der Waals surface area contributed by atoms with Gasteiger partial charge in [-0.1, -0.05) is 35.9 Å². The lowest BCUT2D eigenvalue weighted by Crippen LogP contribution is -2.41. The Balaban J connectivity index is 1.28. The van der Waals surface area contributed by atoms with Gasteiger partial charge in [0.2, 0.25) is 5.91 Å². The summed E-state index contributed by atoms with van der Waals surface area (Å²) in [5.74, 6) is 0.120. The summed E-state index contributed by atoms with van der Waals surface area (Å²) in [5, 5.41) is 5.43. The Labute approximate surface area is 200 Å². The van der Waals surface area contributed by atoms with Crippen molar-refractivity contribution in [2.45, 2.75) is 26.2 Å². The van der Waals surface area contributed by atoms with Crippen LogP contribution in [0.4, 0.5) is 0 Å². The maximum Gasteiger partial charge on any atom is 0.220 e. The molecule has 0 spiro atoms. The van der Waals surface area contributed by atoms with E-state index < -0.39 is 0 Å². The van der Waals surface area contributed by atoms with Crippen molar-refractivity contribution >= 4 is 27.7 Å². The fraction of sp³-hybridized carbons (Fsp3) is 0.357. The number of aromatic amines is 1. The number of benzene rings is 2. The molecule has 5 rings (SSSR count). The van der Waals surface area contributed by atoms with E-state index in [0.29, 0.717) is 13.0 Å². The molecule has 2 aromatic heterocycles. The van der Waals surface area contributed by atoms with E-state index in [1.54, 1.807) is 0 Å². The van der Waals surface area contributed by atoms with Crippen molar-refractivity contribution in [2.24, 2.45) is 0 Å². The average molecular weight is 457 g/mol. The summed E-state index contributed by atoms with van der Waals surface area (Å²) in [4.78, 5) is 23.3. The summed E-state index contributed by atoms with van der Waals surface area (Å²) in [7, 11) is 0. The predicted molar refractivity (Wildman–Crippen MR) is 137 cm³/mol. The van der Waals surface area contributed by atoms with Crippen LogP contribution >= 0.6 is 0 Å². The number of ether oxygens (including phenoxy) is 1. The number of pyridine rings is 1. The van der Waals surface area contributed by atoms with Crippen LogP contribution in [-0.2, 0) is 16.0 Å². The molecule has 0 aliphatic carbocycles. The highest BCUT2D eigenvalue weighted by atomic mass is 16.5. The molecule has 0 bridgehead atoms. The van der Waals surface area contributed by atoms with E-state index in [1.165, 1.54) is 16.5 Å². The lowest BCUT2D eigenvalue weighted by atomic mass is 10.0. The van der Waals surface area contributed by atoms with Gasteiger partial charge in [0.15, 0.2) is 0 Å². The molecule has 176 valence electrons. The molecular weight excluding hydrogens is 424 g/mol. The third kappa shape index (κ3) is 5.13. The normalized spacial score (nSPS) is 14.6. The van der Waals surface area contributed by atoms with E-state index in [1.807, 2.05) is 18.2 Å². The Bertz CT molecular complexity index is 1290. The predicted octanol–water partition coefficient (Wildman–Crippen LogP) is 4.46. The van der Waals surface area contributed by atoms with Crippen LogP contribution in [0, 0.1) is 6.92 Å². The van der Waals surface area contributed by atoms with Gasteiger partial charge in [0.1, 0.15) is 0 Å². The van der Waals surface area contributed by atoms with E-state index in [4.69, 9.17) is 9.72 Å². The summed E-state index contributed by atoms with van der Waals surface area (Å²) in [5.41, 5.74) is 6.56. The van der Waals surface area contributed by atoms with Crippen LogP contribution < -0.4 is 5.32 Å². The van der Waals surface area contributed by atoms with Crippen molar-refractivity contribution in [2.75, 3.05) is 39.4 Å². The molecule has 2 N–H and O–H groups in total. The van der Waals surface area contributed by atoms with Crippen molar-refractivity contribution < 1.29 is 9.53 Å². The van der Waals surface area contributed by atoms with Crippen LogP contribution in [0.2, 0.25) is 0 Å². The molecule has 2 aromatic carbocycles. The van der Waals surface area contributed by atoms with Gasteiger partial charge in [-0.15, -0.1) is 0 Å². The molecule has 0 saturated carbocycles. The molecule has 1 saturated heterocycles. The number of nitrogens with zero attached hydrogens (tertiary/aromatic N) is 2. The number of carbonyl (C=O) groups is 1. The molecule has 1 fully saturated rings. The number of carbonyl (C=O) groups excluding carboxylic acids is 1. The maximum absolute atomic E-state index is 12.5. The summed E-state index contributed by atoms with van der Waals surface area (Å²) >= 11 is 0. The lowest BCUT2D eigenvalue weighted by molar-refractivity contribution is -0.121. The van der Waals surface area contributed by atoms with Gasteiger partial charge in [0, 0.05) is 48.9 Å². The van der Waals surface area contributed by atoms with Gasteiger partial charge in [-0.3, -0.25) is 9.69 Å². The highest BCUT2D eigenvalue weighted by Gasteiger charge is 2.16. The molecule has 1 aliphatic heterocycles. The Morgan fingerprint density at radius 2 is 1.97 bits per heavy atom. The molecule has 1 amide bonds. The number of para-hydroxylation sites is 1. The average Bonchev–Trinajstić information content (AvgIpc) is 3.22. The van der Waals surface area contributed by atoms with E-state index in [2.05, 4.69) is 58.5 Å². The number of aromatic nitrogens is 2. The molecule has 0 radical (unpaired) electrons. The van der Waals surface area contributed by atoms with Crippen molar-refractivity contribution in [1.82, 2.24) is 20.2 Å². The smallest absolute Gasteiger partial charge is 0.220 e. The first kappa shape index (κ1) is 22.6. The van der Waals surface area contributed by atoms with Crippen LogP contribution in [0.3, 0.4) is 0 Å². The molecule has 4 aromatic rings. The van der Waals surface area contributed by atoms with Crippen LogP contribution in [0.15, 0.2) is 54.6 Å². The molecule has 6 heteroatoms. The second-order valence-corrected chi connectivity index (χ2v) is 9.07. The number of fused-ring (bicyclic) bond motifs is 2. The Morgan fingerprint density at radius 1 is 1.12 bits per heavy atom. The summed E-state index contributed by atoms with van der Waals surface area (Å²) in [6.07, 6.45) is 2.14. The minimum Gasteiger partial charge on any atom is -0.379 e. The minimum atomic E-state index is 0.120. The quantitative estimate of drug-likeness (QED) is 0.411. The fourth-order valence-corrected chi connectivity index (χ4v) is 4.74. The van der Waals surface area contributed by atoms with Crippen LogP contribution in [0.5, 0.6) is 0 Å². The number of nitrogens with one attached hydrogen (secondary N) is 2. The molecule has 1 aliphatic rings. The third-order valence-corrected chi connectivity index (χ3v) is 6.60. The molecule has 0 unspecified atom stereocenters. The number of hydrogen-bond donors (Lipinski definition) is 2. The SMILES string of the molecule is Cc1ccc2[nH]c(-c3ccc4ccccc4n3)c(CCCC(=O)NCCN3CCOCC3)c2c1. The fourth-order valence-electron chi connectivity index (χ4n) is 4.74. The minimum absolute atomic E-state index is 0.120. The first-order valence-electron chi connectivity index (χ1n) is 12.2. The van der Waals surface area contributed by atoms with Gasteiger partial charge in [-0.2, -0.15) is 0 Å². The maximum atomic E-state index is 12.5. The van der Waals surface area contributed by atoms with Gasteiger partial charge < -0.3 is 15.0 Å². The second-order valence-electron chi connectivity index (χ2n) is 9.07. The van der Waals surface area contributed by atoms with E-state index in [9.17, 15) is 4.79 Å². The summed E-state index contributed by atoms with van der Waals surface area (Å²) < 4.78 is 5.38.